The van der Waals surface area contributed by atoms with Crippen LogP contribution in [-0.4, -0.2) is 33.2 Å². The summed E-state index contributed by atoms with van der Waals surface area (Å²) in [4.78, 5) is 33.4. The molecule has 1 aromatic carbocycles. The van der Waals surface area contributed by atoms with Crippen molar-refractivity contribution >= 4 is 16.9 Å². The minimum absolute atomic E-state index is 0.0329. The first-order valence-electron chi connectivity index (χ1n) is 9.57. The van der Waals surface area contributed by atoms with Gasteiger partial charge in [0, 0.05) is 12.3 Å². The SMILES string of the molecule is Cc1cc(C)n(C[C@H]2CCCO2)c(=O)c1C(=O)NCc1nc2ccccc2[nH]1. The third-order valence-corrected chi connectivity index (χ3v) is 5.20. The first kappa shape index (κ1) is 18.4. The number of aryl methyl sites for hydroxylation is 2. The molecule has 4 rings (SSSR count). The number of nitrogens with zero attached hydrogens (tertiary/aromatic N) is 2. The van der Waals surface area contributed by atoms with Gasteiger partial charge in [-0.3, -0.25) is 9.59 Å². The summed E-state index contributed by atoms with van der Waals surface area (Å²) < 4.78 is 7.31. The third kappa shape index (κ3) is 3.57. The maximum absolute atomic E-state index is 13.0. The van der Waals surface area contributed by atoms with Crippen molar-refractivity contribution in [2.75, 3.05) is 6.61 Å². The zero-order valence-corrected chi connectivity index (χ0v) is 16.1. The quantitative estimate of drug-likeness (QED) is 0.712. The molecule has 0 radical (unpaired) electrons. The molecule has 146 valence electrons. The van der Waals surface area contributed by atoms with Gasteiger partial charge in [-0.1, -0.05) is 12.1 Å². The lowest BCUT2D eigenvalue weighted by Gasteiger charge is -2.17. The molecule has 7 nitrogen and oxygen atoms in total. The van der Waals surface area contributed by atoms with Gasteiger partial charge in [0.1, 0.15) is 11.4 Å². The Hall–Kier alpha value is -2.93. The zero-order valence-electron chi connectivity index (χ0n) is 16.1. The van der Waals surface area contributed by atoms with Gasteiger partial charge < -0.3 is 19.6 Å². The summed E-state index contributed by atoms with van der Waals surface area (Å²) in [5, 5.41) is 2.82. The van der Waals surface area contributed by atoms with Crippen molar-refractivity contribution in [3.8, 4) is 0 Å². The van der Waals surface area contributed by atoms with Crippen molar-refractivity contribution < 1.29 is 9.53 Å². The van der Waals surface area contributed by atoms with E-state index in [9.17, 15) is 9.59 Å². The Morgan fingerprint density at radius 3 is 2.93 bits per heavy atom. The number of H-pyrrole nitrogens is 1. The highest BCUT2D eigenvalue weighted by molar-refractivity contribution is 5.95. The molecule has 1 amide bonds. The van der Waals surface area contributed by atoms with Crippen molar-refractivity contribution in [3.05, 3.63) is 63.3 Å². The number of para-hydroxylation sites is 2. The minimum Gasteiger partial charge on any atom is -0.376 e. The summed E-state index contributed by atoms with van der Waals surface area (Å²) in [6, 6.07) is 9.56. The summed E-state index contributed by atoms with van der Waals surface area (Å²) >= 11 is 0. The summed E-state index contributed by atoms with van der Waals surface area (Å²) in [7, 11) is 0. The predicted octanol–water partition coefficient (Wildman–Crippen LogP) is 2.45. The Morgan fingerprint density at radius 1 is 1.36 bits per heavy atom. The molecule has 0 bridgehead atoms. The van der Waals surface area contributed by atoms with Gasteiger partial charge in [-0.05, 0) is 50.5 Å². The van der Waals surface area contributed by atoms with E-state index in [0.29, 0.717) is 17.9 Å². The summed E-state index contributed by atoms with van der Waals surface area (Å²) in [5.41, 5.74) is 3.18. The molecule has 0 spiro atoms. The predicted molar refractivity (Wildman–Crippen MR) is 106 cm³/mol. The molecule has 0 aliphatic carbocycles. The second-order valence-corrected chi connectivity index (χ2v) is 7.28. The van der Waals surface area contributed by atoms with Crippen LogP contribution in [0.2, 0.25) is 0 Å². The number of rotatable bonds is 5. The van der Waals surface area contributed by atoms with E-state index in [1.807, 2.05) is 37.3 Å². The first-order valence-corrected chi connectivity index (χ1v) is 9.57. The molecule has 2 N–H and O–H groups in total. The fraction of sp³-hybridized carbons (Fsp3) is 0.381. The molecule has 3 aromatic rings. The Morgan fingerprint density at radius 2 is 2.18 bits per heavy atom. The molecular formula is C21H24N4O3. The van der Waals surface area contributed by atoms with Crippen LogP contribution in [0.25, 0.3) is 11.0 Å². The molecule has 3 heterocycles. The molecule has 28 heavy (non-hydrogen) atoms. The van der Waals surface area contributed by atoms with Crippen LogP contribution in [0.1, 0.15) is 40.3 Å². The fourth-order valence-electron chi connectivity index (χ4n) is 3.76. The number of imidazole rings is 1. The number of amides is 1. The van der Waals surface area contributed by atoms with Crippen LogP contribution in [0.3, 0.4) is 0 Å². The van der Waals surface area contributed by atoms with Gasteiger partial charge in [0.2, 0.25) is 0 Å². The van der Waals surface area contributed by atoms with Gasteiger partial charge in [0.05, 0.1) is 30.2 Å². The maximum atomic E-state index is 13.0. The first-order chi connectivity index (χ1) is 13.5. The topological polar surface area (TPSA) is 89.0 Å². The van der Waals surface area contributed by atoms with Gasteiger partial charge in [-0.2, -0.15) is 0 Å². The summed E-state index contributed by atoms with van der Waals surface area (Å²) in [6.45, 7) is 5.12. The Balaban J connectivity index is 1.55. The lowest BCUT2D eigenvalue weighted by molar-refractivity contribution is 0.0925. The van der Waals surface area contributed by atoms with Gasteiger partial charge in [-0.25, -0.2) is 4.98 Å². The van der Waals surface area contributed by atoms with Crippen LogP contribution < -0.4 is 10.9 Å². The van der Waals surface area contributed by atoms with Crippen molar-refractivity contribution in [1.82, 2.24) is 19.9 Å². The van der Waals surface area contributed by atoms with E-state index in [2.05, 4.69) is 15.3 Å². The van der Waals surface area contributed by atoms with Gasteiger partial charge in [0.25, 0.3) is 11.5 Å². The highest BCUT2D eigenvalue weighted by Crippen LogP contribution is 2.15. The van der Waals surface area contributed by atoms with Crippen LogP contribution >= 0.6 is 0 Å². The number of benzene rings is 1. The van der Waals surface area contributed by atoms with Gasteiger partial charge >= 0.3 is 0 Å². The molecule has 0 saturated carbocycles. The number of aromatic nitrogens is 3. The van der Waals surface area contributed by atoms with Crippen molar-refractivity contribution in [3.63, 3.8) is 0 Å². The number of carbonyl (C=O) groups is 1. The van der Waals surface area contributed by atoms with E-state index in [0.717, 1.165) is 36.2 Å². The summed E-state index contributed by atoms with van der Waals surface area (Å²) in [6.07, 6.45) is 1.98. The molecule has 1 fully saturated rings. The van der Waals surface area contributed by atoms with E-state index >= 15 is 0 Å². The van der Waals surface area contributed by atoms with Crippen LogP contribution in [-0.2, 0) is 17.8 Å². The van der Waals surface area contributed by atoms with Crippen LogP contribution in [0.4, 0.5) is 0 Å². The highest BCUT2D eigenvalue weighted by Gasteiger charge is 2.22. The number of fused-ring (bicyclic) bond motifs is 1. The average Bonchev–Trinajstić information content (AvgIpc) is 3.32. The second kappa shape index (κ2) is 7.59. The number of carbonyl (C=O) groups excluding carboxylic acids is 1. The number of aromatic amines is 1. The van der Waals surface area contributed by atoms with Gasteiger partial charge in [0.15, 0.2) is 0 Å². The minimum atomic E-state index is -0.385. The average molecular weight is 380 g/mol. The normalized spacial score (nSPS) is 16.6. The molecule has 0 unspecified atom stereocenters. The van der Waals surface area contributed by atoms with E-state index in [4.69, 9.17) is 4.74 Å². The van der Waals surface area contributed by atoms with Crippen LogP contribution in [0, 0.1) is 13.8 Å². The Labute approximate surface area is 162 Å². The van der Waals surface area contributed by atoms with E-state index in [1.54, 1.807) is 11.5 Å². The standard InChI is InChI=1S/C21H24N4O3/c1-13-10-14(2)25(12-15-6-5-9-28-15)21(27)19(13)20(26)22-11-18-23-16-7-3-4-8-17(16)24-18/h3-4,7-8,10,15H,5-6,9,11-12H2,1-2H3,(H,22,26)(H,23,24)/t15-/m1/s1. The fourth-order valence-corrected chi connectivity index (χ4v) is 3.76. The number of hydrogen-bond acceptors (Lipinski definition) is 4. The van der Waals surface area contributed by atoms with Crippen LogP contribution in [0.5, 0.6) is 0 Å². The number of hydrogen-bond donors (Lipinski definition) is 2. The van der Waals surface area contributed by atoms with E-state index in [1.165, 1.54) is 0 Å². The van der Waals surface area contributed by atoms with Crippen molar-refractivity contribution in [2.24, 2.45) is 0 Å². The van der Waals surface area contributed by atoms with E-state index < -0.39 is 0 Å². The molecule has 7 heteroatoms. The van der Waals surface area contributed by atoms with E-state index in [-0.39, 0.29) is 29.7 Å². The number of ether oxygens (including phenoxy) is 1. The number of nitrogens with one attached hydrogen (secondary N) is 2. The molecule has 2 aromatic heterocycles. The third-order valence-electron chi connectivity index (χ3n) is 5.20. The van der Waals surface area contributed by atoms with Crippen molar-refractivity contribution in [1.29, 1.82) is 0 Å². The number of pyridine rings is 1. The molecule has 1 atom stereocenters. The summed E-state index contributed by atoms with van der Waals surface area (Å²) in [5.74, 6) is 0.267. The molecular weight excluding hydrogens is 356 g/mol. The smallest absolute Gasteiger partial charge is 0.263 e. The Kier molecular flexibility index (Phi) is 5.00. The van der Waals surface area contributed by atoms with Crippen molar-refractivity contribution in [2.45, 2.75) is 45.9 Å². The molecule has 1 aliphatic rings. The molecule has 1 saturated heterocycles. The zero-order chi connectivity index (χ0) is 19.7. The largest absolute Gasteiger partial charge is 0.376 e. The maximum Gasteiger partial charge on any atom is 0.263 e. The molecule has 1 aliphatic heterocycles. The lowest BCUT2D eigenvalue weighted by Crippen LogP contribution is -2.36. The van der Waals surface area contributed by atoms with Crippen LogP contribution in [0.15, 0.2) is 35.1 Å². The highest BCUT2D eigenvalue weighted by atomic mass is 16.5. The second-order valence-electron chi connectivity index (χ2n) is 7.28. The monoisotopic (exact) mass is 380 g/mol. The lowest BCUT2D eigenvalue weighted by atomic mass is 10.1. The van der Waals surface area contributed by atoms with Gasteiger partial charge in [-0.15, -0.1) is 0 Å². The Bertz CT molecular complexity index is 1040.